The number of carbonyl (C=O) groups excluding carboxylic acids is 2. The average molecular weight is 293 g/mol. The molecule has 1 heterocycles. The Kier molecular flexibility index (Phi) is 6.17. The van der Waals surface area contributed by atoms with E-state index in [0.29, 0.717) is 5.76 Å². The van der Waals surface area contributed by atoms with E-state index in [1.54, 1.807) is 13.0 Å². The van der Waals surface area contributed by atoms with E-state index in [1.165, 1.54) is 26.4 Å². The van der Waals surface area contributed by atoms with Crippen molar-refractivity contribution in [2.24, 2.45) is 0 Å². The van der Waals surface area contributed by atoms with Crippen LogP contribution in [0.25, 0.3) is 6.08 Å². The molecule has 7 nitrogen and oxygen atoms in total. The summed E-state index contributed by atoms with van der Waals surface area (Å²) in [5.74, 6) is -0.827. The Morgan fingerprint density at radius 1 is 1.38 bits per heavy atom. The van der Waals surface area contributed by atoms with Crippen LogP contribution in [-0.4, -0.2) is 39.4 Å². The average Bonchev–Trinajstić information content (AvgIpc) is 2.84. The van der Waals surface area contributed by atoms with E-state index < -0.39 is 11.9 Å². The van der Waals surface area contributed by atoms with Crippen molar-refractivity contribution < 1.29 is 28.2 Å². The molecule has 0 radical (unpaired) electrons. The highest BCUT2D eigenvalue weighted by Gasteiger charge is 2.17. The van der Waals surface area contributed by atoms with Gasteiger partial charge in [-0.05, 0) is 13.0 Å². The van der Waals surface area contributed by atoms with E-state index in [0.717, 1.165) is 0 Å². The Morgan fingerprint density at radius 2 is 2.10 bits per heavy atom. The van der Waals surface area contributed by atoms with Crippen LogP contribution in [0.15, 0.2) is 16.1 Å². The second kappa shape index (κ2) is 7.87. The molecule has 0 fully saturated rings. The molecule has 0 atom stereocenters. The molecule has 7 heteroatoms. The lowest BCUT2D eigenvalue weighted by Crippen LogP contribution is -2.11. The lowest BCUT2D eigenvalue weighted by molar-refractivity contribution is -0.139. The van der Waals surface area contributed by atoms with Gasteiger partial charge in [0.25, 0.3) is 0 Å². The molecular formula is C14H15NO6. The van der Waals surface area contributed by atoms with Gasteiger partial charge < -0.3 is 18.6 Å². The summed E-state index contributed by atoms with van der Waals surface area (Å²) in [6, 6.07) is 3.11. The molecule has 112 valence electrons. The smallest absolute Gasteiger partial charge is 0.349 e. The molecule has 0 saturated heterocycles. The second-order valence-electron chi connectivity index (χ2n) is 3.91. The third kappa shape index (κ3) is 4.47. The van der Waals surface area contributed by atoms with Crippen LogP contribution in [0.2, 0.25) is 0 Å². The highest BCUT2D eigenvalue weighted by atomic mass is 16.6. The molecule has 1 aromatic heterocycles. The van der Waals surface area contributed by atoms with Crippen LogP contribution in [0.4, 0.5) is 0 Å². The Labute approximate surface area is 121 Å². The maximum absolute atomic E-state index is 11.6. The Morgan fingerprint density at radius 3 is 2.67 bits per heavy atom. The summed E-state index contributed by atoms with van der Waals surface area (Å²) in [6.45, 7) is 1.85. The molecule has 0 aliphatic carbocycles. The van der Waals surface area contributed by atoms with Gasteiger partial charge in [0.15, 0.2) is 0 Å². The monoisotopic (exact) mass is 293 g/mol. The van der Waals surface area contributed by atoms with Crippen LogP contribution < -0.4 is 0 Å². The van der Waals surface area contributed by atoms with Gasteiger partial charge in [0.1, 0.15) is 35.3 Å². The number of methoxy groups -OCH3 is 2. The first kappa shape index (κ1) is 16.5. The molecule has 0 bridgehead atoms. The van der Waals surface area contributed by atoms with Gasteiger partial charge in [-0.15, -0.1) is 0 Å². The molecule has 0 amide bonds. The van der Waals surface area contributed by atoms with Gasteiger partial charge in [0.2, 0.25) is 0 Å². The zero-order valence-corrected chi connectivity index (χ0v) is 12.0. The van der Waals surface area contributed by atoms with E-state index in [1.807, 2.05) is 0 Å². The van der Waals surface area contributed by atoms with Crippen LogP contribution >= 0.6 is 0 Å². The highest BCUT2D eigenvalue weighted by molar-refractivity contribution is 5.98. The zero-order valence-electron chi connectivity index (χ0n) is 12.0. The lowest BCUT2D eigenvalue weighted by Gasteiger charge is -2.01. The molecule has 1 aromatic rings. The van der Waals surface area contributed by atoms with Gasteiger partial charge in [0, 0.05) is 13.2 Å². The minimum Gasteiger partial charge on any atom is -0.465 e. The number of furan rings is 1. The number of nitriles is 1. The van der Waals surface area contributed by atoms with Crippen molar-refractivity contribution in [3.8, 4) is 6.07 Å². The quantitative estimate of drug-likeness (QED) is 0.339. The van der Waals surface area contributed by atoms with Gasteiger partial charge in [-0.25, -0.2) is 9.59 Å². The number of carbonyl (C=O) groups is 2. The second-order valence-corrected chi connectivity index (χ2v) is 3.91. The summed E-state index contributed by atoms with van der Waals surface area (Å²) in [4.78, 5) is 23.1. The predicted octanol–water partition coefficient (Wildman–Crippen LogP) is 1.47. The van der Waals surface area contributed by atoms with Gasteiger partial charge >= 0.3 is 11.9 Å². The van der Waals surface area contributed by atoms with Crippen molar-refractivity contribution in [3.63, 3.8) is 0 Å². The minimum atomic E-state index is -0.789. The molecule has 0 aliphatic rings. The largest absolute Gasteiger partial charge is 0.465 e. The first-order valence-corrected chi connectivity index (χ1v) is 6.00. The normalized spacial score (nSPS) is 10.9. The van der Waals surface area contributed by atoms with Crippen LogP contribution in [0.5, 0.6) is 0 Å². The third-order valence-electron chi connectivity index (χ3n) is 2.49. The summed E-state index contributed by atoms with van der Waals surface area (Å²) in [6.07, 6.45) is 1.20. The van der Waals surface area contributed by atoms with Gasteiger partial charge in [-0.1, -0.05) is 0 Å². The molecule has 0 N–H and O–H groups in total. The minimum absolute atomic E-state index is 0.0406. The maximum atomic E-state index is 11.6. The van der Waals surface area contributed by atoms with E-state index in [4.69, 9.17) is 19.2 Å². The standard InChI is InChI=1S/C14H15NO6/c1-9-12(14(17)19-3)7-11(21-9)6-10(8-15)13(16)20-5-4-18-2/h6-7H,4-5H2,1-3H3/b10-6+. The van der Waals surface area contributed by atoms with Gasteiger partial charge in [-0.3, -0.25) is 0 Å². The number of rotatable bonds is 6. The number of aryl methyl sites for hydroxylation is 1. The number of ether oxygens (including phenoxy) is 3. The third-order valence-corrected chi connectivity index (χ3v) is 2.49. The summed E-state index contributed by atoms with van der Waals surface area (Å²) in [5, 5.41) is 8.96. The van der Waals surface area contributed by atoms with Crippen LogP contribution in [0, 0.1) is 18.3 Å². The molecule has 0 saturated carbocycles. The first-order valence-electron chi connectivity index (χ1n) is 6.00. The SMILES string of the molecule is COCCOC(=O)/C(C#N)=C/c1cc(C(=O)OC)c(C)o1. The fourth-order valence-corrected chi connectivity index (χ4v) is 1.46. The highest BCUT2D eigenvalue weighted by Crippen LogP contribution is 2.18. The number of nitrogens with zero attached hydrogens (tertiary/aromatic N) is 1. The molecule has 1 rings (SSSR count). The predicted molar refractivity (Wildman–Crippen MR) is 71.2 cm³/mol. The Bertz CT molecular complexity index is 593. The van der Waals surface area contributed by atoms with Crippen molar-refractivity contribution in [1.82, 2.24) is 0 Å². The van der Waals surface area contributed by atoms with E-state index >= 15 is 0 Å². The van der Waals surface area contributed by atoms with E-state index in [2.05, 4.69) is 4.74 Å². The molecule has 0 aromatic carbocycles. The van der Waals surface area contributed by atoms with Crippen molar-refractivity contribution in [2.75, 3.05) is 27.4 Å². The van der Waals surface area contributed by atoms with Crippen LogP contribution in [0.3, 0.4) is 0 Å². The first-order chi connectivity index (χ1) is 10.0. The van der Waals surface area contributed by atoms with Gasteiger partial charge in [-0.2, -0.15) is 5.26 Å². The molecule has 0 spiro atoms. The fraction of sp³-hybridized carbons (Fsp3) is 0.357. The maximum Gasteiger partial charge on any atom is 0.349 e. The topological polar surface area (TPSA) is 98.8 Å². The summed E-state index contributed by atoms with van der Waals surface area (Å²) in [5.41, 5.74) is -0.00920. The lowest BCUT2D eigenvalue weighted by atomic mass is 10.2. The molecule has 0 aliphatic heterocycles. The molecular weight excluding hydrogens is 278 g/mol. The Hall–Kier alpha value is -2.59. The van der Waals surface area contributed by atoms with Crippen LogP contribution in [0.1, 0.15) is 21.9 Å². The number of hydrogen-bond donors (Lipinski definition) is 0. The van der Waals surface area contributed by atoms with Crippen molar-refractivity contribution >= 4 is 18.0 Å². The number of esters is 2. The van der Waals surface area contributed by atoms with E-state index in [-0.39, 0.29) is 30.1 Å². The van der Waals surface area contributed by atoms with Crippen molar-refractivity contribution in [3.05, 3.63) is 28.7 Å². The van der Waals surface area contributed by atoms with Crippen molar-refractivity contribution in [2.45, 2.75) is 6.92 Å². The molecule has 0 unspecified atom stereocenters. The number of hydrogen-bond acceptors (Lipinski definition) is 7. The van der Waals surface area contributed by atoms with Gasteiger partial charge in [0.05, 0.1) is 13.7 Å². The zero-order chi connectivity index (χ0) is 15.8. The fourth-order valence-electron chi connectivity index (χ4n) is 1.46. The van der Waals surface area contributed by atoms with Crippen LogP contribution in [-0.2, 0) is 19.0 Å². The summed E-state index contributed by atoms with van der Waals surface area (Å²) >= 11 is 0. The van der Waals surface area contributed by atoms with Crippen molar-refractivity contribution in [1.29, 1.82) is 5.26 Å². The summed E-state index contributed by atoms with van der Waals surface area (Å²) in [7, 11) is 2.72. The van der Waals surface area contributed by atoms with E-state index in [9.17, 15) is 9.59 Å². The molecule has 21 heavy (non-hydrogen) atoms. The Balaban J connectivity index is 2.91. The summed E-state index contributed by atoms with van der Waals surface area (Å²) < 4.78 is 19.4.